The Kier molecular flexibility index (Phi) is 4.57. The molecule has 0 spiro atoms. The van der Waals surface area contributed by atoms with Gasteiger partial charge in [0.1, 0.15) is 17.6 Å². The molecule has 126 valence electrons. The minimum absolute atomic E-state index is 0.390. The average molecular weight is 335 g/mol. The molecular weight excluding hydrogens is 318 g/mol. The van der Waals surface area contributed by atoms with Crippen molar-refractivity contribution in [3.05, 3.63) is 47.8 Å². The number of aromatic amines is 1. The van der Waals surface area contributed by atoms with Crippen LogP contribution in [0.2, 0.25) is 0 Å². The van der Waals surface area contributed by atoms with E-state index in [1.807, 2.05) is 24.3 Å². The number of imidazole rings is 1. The van der Waals surface area contributed by atoms with Gasteiger partial charge in [-0.2, -0.15) is 5.26 Å². The zero-order valence-corrected chi connectivity index (χ0v) is 14.2. The van der Waals surface area contributed by atoms with Crippen molar-refractivity contribution in [3.8, 4) is 23.3 Å². The Labute approximate surface area is 145 Å². The molecule has 0 aliphatic rings. The highest BCUT2D eigenvalue weighted by Gasteiger charge is 2.13. The fourth-order valence-corrected chi connectivity index (χ4v) is 2.56. The molecule has 6 heteroatoms. The summed E-state index contributed by atoms with van der Waals surface area (Å²) in [5, 5.41) is 9.58. The Bertz CT molecular complexity index is 950. The highest BCUT2D eigenvalue weighted by molar-refractivity contribution is 5.91. The maximum absolute atomic E-state index is 9.58. The summed E-state index contributed by atoms with van der Waals surface area (Å²) in [5.41, 5.74) is 2.76. The van der Waals surface area contributed by atoms with Crippen molar-refractivity contribution < 1.29 is 14.2 Å². The molecule has 1 heterocycles. The molecule has 3 aromatic rings. The predicted octanol–water partition coefficient (Wildman–Crippen LogP) is 3.65. The van der Waals surface area contributed by atoms with Crippen LogP contribution in [-0.2, 0) is 0 Å². The van der Waals surface area contributed by atoms with E-state index in [0.717, 1.165) is 11.0 Å². The summed E-state index contributed by atoms with van der Waals surface area (Å²) < 4.78 is 16.0. The van der Waals surface area contributed by atoms with Crippen molar-refractivity contribution >= 4 is 22.7 Å². The average Bonchev–Trinajstić information content (AvgIpc) is 3.09. The Morgan fingerprint density at radius 1 is 1.04 bits per heavy atom. The SMILES string of the molecule is COc1cc(OC)c(OC)cc1C=C(C#N)c1nc2ccccc2[nH]1. The number of hydrogen-bond donors (Lipinski definition) is 1. The number of allylic oxidation sites excluding steroid dienone is 1. The van der Waals surface area contributed by atoms with Gasteiger partial charge in [0.2, 0.25) is 0 Å². The Hall–Kier alpha value is -3.46. The van der Waals surface area contributed by atoms with Crippen molar-refractivity contribution in [2.75, 3.05) is 21.3 Å². The van der Waals surface area contributed by atoms with Gasteiger partial charge in [0, 0.05) is 11.6 Å². The quantitative estimate of drug-likeness (QED) is 0.720. The van der Waals surface area contributed by atoms with E-state index >= 15 is 0 Å². The summed E-state index contributed by atoms with van der Waals surface area (Å²) in [7, 11) is 4.68. The second kappa shape index (κ2) is 6.97. The Morgan fingerprint density at radius 2 is 1.72 bits per heavy atom. The largest absolute Gasteiger partial charge is 0.496 e. The first-order valence-corrected chi connectivity index (χ1v) is 7.57. The molecule has 0 saturated carbocycles. The van der Waals surface area contributed by atoms with Crippen LogP contribution >= 0.6 is 0 Å². The summed E-state index contributed by atoms with van der Waals surface area (Å²) in [4.78, 5) is 7.63. The zero-order valence-electron chi connectivity index (χ0n) is 14.2. The summed E-state index contributed by atoms with van der Waals surface area (Å²) in [6, 6.07) is 13.3. The molecule has 0 aliphatic heterocycles. The van der Waals surface area contributed by atoms with Gasteiger partial charge in [-0.25, -0.2) is 4.98 Å². The molecule has 0 fully saturated rings. The summed E-state index contributed by atoms with van der Waals surface area (Å²) in [6.07, 6.45) is 1.71. The van der Waals surface area contributed by atoms with Crippen LogP contribution in [0.3, 0.4) is 0 Å². The normalized spacial score (nSPS) is 11.2. The van der Waals surface area contributed by atoms with E-state index < -0.39 is 0 Å². The van der Waals surface area contributed by atoms with Crippen LogP contribution in [0.5, 0.6) is 17.2 Å². The van der Waals surface area contributed by atoms with Gasteiger partial charge in [-0.15, -0.1) is 0 Å². The first kappa shape index (κ1) is 16.4. The topological polar surface area (TPSA) is 80.2 Å². The van der Waals surface area contributed by atoms with Crippen LogP contribution in [0, 0.1) is 11.3 Å². The fraction of sp³-hybridized carbons (Fsp3) is 0.158. The van der Waals surface area contributed by atoms with Crippen LogP contribution in [0.15, 0.2) is 36.4 Å². The van der Waals surface area contributed by atoms with Gasteiger partial charge in [0.05, 0.1) is 37.9 Å². The minimum atomic E-state index is 0.390. The molecular formula is C19H17N3O3. The number of methoxy groups -OCH3 is 3. The molecule has 6 nitrogen and oxygen atoms in total. The molecule has 1 aromatic heterocycles. The van der Waals surface area contributed by atoms with Gasteiger partial charge >= 0.3 is 0 Å². The third kappa shape index (κ3) is 3.12. The van der Waals surface area contributed by atoms with E-state index in [9.17, 15) is 5.26 Å². The number of nitriles is 1. The van der Waals surface area contributed by atoms with E-state index in [4.69, 9.17) is 14.2 Å². The van der Waals surface area contributed by atoms with Gasteiger partial charge in [-0.3, -0.25) is 0 Å². The first-order valence-electron chi connectivity index (χ1n) is 7.57. The molecule has 0 radical (unpaired) electrons. The monoisotopic (exact) mass is 335 g/mol. The number of rotatable bonds is 5. The molecule has 0 saturated heterocycles. The van der Waals surface area contributed by atoms with Crippen molar-refractivity contribution in [3.63, 3.8) is 0 Å². The van der Waals surface area contributed by atoms with Crippen LogP contribution in [0.25, 0.3) is 22.7 Å². The number of aromatic nitrogens is 2. The molecule has 1 N–H and O–H groups in total. The first-order chi connectivity index (χ1) is 12.2. The lowest BCUT2D eigenvalue weighted by atomic mass is 10.1. The third-order valence-corrected chi connectivity index (χ3v) is 3.80. The minimum Gasteiger partial charge on any atom is -0.496 e. The van der Waals surface area contributed by atoms with Crippen molar-refractivity contribution in [1.29, 1.82) is 5.26 Å². The van der Waals surface area contributed by atoms with Gasteiger partial charge in [-0.1, -0.05) is 12.1 Å². The molecule has 0 unspecified atom stereocenters. The third-order valence-electron chi connectivity index (χ3n) is 3.80. The Balaban J connectivity index is 2.12. The van der Waals surface area contributed by atoms with Crippen molar-refractivity contribution in [1.82, 2.24) is 9.97 Å². The number of hydrogen-bond acceptors (Lipinski definition) is 5. The number of para-hydroxylation sites is 2. The maximum Gasteiger partial charge on any atom is 0.164 e. The van der Waals surface area contributed by atoms with E-state index in [1.54, 1.807) is 39.5 Å². The summed E-state index contributed by atoms with van der Waals surface area (Å²) in [5.74, 6) is 2.18. The highest BCUT2D eigenvalue weighted by atomic mass is 16.5. The molecule has 0 bridgehead atoms. The zero-order chi connectivity index (χ0) is 17.8. The maximum atomic E-state index is 9.58. The van der Waals surface area contributed by atoms with Crippen LogP contribution in [0.1, 0.15) is 11.4 Å². The highest BCUT2D eigenvalue weighted by Crippen LogP contribution is 2.36. The fourth-order valence-electron chi connectivity index (χ4n) is 2.56. The van der Waals surface area contributed by atoms with Crippen molar-refractivity contribution in [2.45, 2.75) is 0 Å². The summed E-state index contributed by atoms with van der Waals surface area (Å²) in [6.45, 7) is 0. The number of H-pyrrole nitrogens is 1. The lowest BCUT2D eigenvalue weighted by Gasteiger charge is -2.12. The van der Waals surface area contributed by atoms with Gasteiger partial charge < -0.3 is 19.2 Å². The molecule has 0 atom stereocenters. The predicted molar refractivity (Wildman–Crippen MR) is 95.7 cm³/mol. The van der Waals surface area contributed by atoms with E-state index in [0.29, 0.717) is 34.2 Å². The van der Waals surface area contributed by atoms with Crippen molar-refractivity contribution in [2.24, 2.45) is 0 Å². The number of fused-ring (bicyclic) bond motifs is 1. The van der Waals surface area contributed by atoms with Gasteiger partial charge in [0.15, 0.2) is 11.5 Å². The number of ether oxygens (including phenoxy) is 3. The molecule has 0 aliphatic carbocycles. The second-order valence-corrected chi connectivity index (χ2v) is 5.22. The lowest BCUT2D eigenvalue weighted by molar-refractivity contribution is 0.348. The smallest absolute Gasteiger partial charge is 0.164 e. The standard InChI is InChI=1S/C19H17N3O3/c1-23-16-10-18(25-3)17(24-2)9-12(16)8-13(11-20)19-21-14-6-4-5-7-15(14)22-19/h4-10H,1-3H3,(H,21,22). The molecule has 25 heavy (non-hydrogen) atoms. The molecule has 3 rings (SSSR count). The van der Waals surface area contributed by atoms with Crippen LogP contribution in [-0.4, -0.2) is 31.3 Å². The Morgan fingerprint density at radius 3 is 2.36 bits per heavy atom. The van der Waals surface area contributed by atoms with Gasteiger partial charge in [0.25, 0.3) is 0 Å². The molecule has 2 aromatic carbocycles. The van der Waals surface area contributed by atoms with E-state index in [2.05, 4.69) is 16.0 Å². The lowest BCUT2D eigenvalue weighted by Crippen LogP contribution is -1.95. The number of nitrogens with zero attached hydrogens (tertiary/aromatic N) is 2. The summed E-state index contributed by atoms with van der Waals surface area (Å²) >= 11 is 0. The molecule has 0 amide bonds. The van der Waals surface area contributed by atoms with Gasteiger partial charge in [-0.05, 0) is 24.3 Å². The van der Waals surface area contributed by atoms with E-state index in [1.165, 1.54) is 0 Å². The number of benzene rings is 2. The van der Waals surface area contributed by atoms with E-state index in [-0.39, 0.29) is 0 Å². The van der Waals surface area contributed by atoms with Crippen LogP contribution < -0.4 is 14.2 Å². The van der Waals surface area contributed by atoms with Crippen LogP contribution in [0.4, 0.5) is 0 Å². The number of nitrogens with one attached hydrogen (secondary N) is 1. The second-order valence-electron chi connectivity index (χ2n) is 5.22.